The number of allylic oxidation sites excluding steroid dienone is 1. The highest BCUT2D eigenvalue weighted by molar-refractivity contribution is 9.09. The van der Waals surface area contributed by atoms with Crippen LogP contribution in [0.3, 0.4) is 0 Å². The van der Waals surface area contributed by atoms with Crippen LogP contribution in [0.15, 0.2) is 11.1 Å². The second-order valence-electron chi connectivity index (χ2n) is 3.57. The molecule has 0 spiro atoms. The number of rotatable bonds is 5. The summed E-state index contributed by atoms with van der Waals surface area (Å²) >= 11 is 4.51. The SMILES string of the molecule is CCC(C)C(=O)NC1NC(C(=O)CBr)=CS1. The van der Waals surface area contributed by atoms with Gasteiger partial charge in [-0.1, -0.05) is 41.5 Å². The number of carbonyl (C=O) groups excluding carboxylic acids is 2. The molecule has 0 fully saturated rings. The van der Waals surface area contributed by atoms with Gasteiger partial charge >= 0.3 is 0 Å². The summed E-state index contributed by atoms with van der Waals surface area (Å²) in [5, 5.41) is 7.83. The van der Waals surface area contributed by atoms with Gasteiger partial charge in [-0.3, -0.25) is 9.59 Å². The predicted molar refractivity (Wildman–Crippen MR) is 69.0 cm³/mol. The molecule has 2 atom stereocenters. The minimum absolute atomic E-state index is 0.00155. The number of thioether (sulfide) groups is 1. The summed E-state index contributed by atoms with van der Waals surface area (Å²) in [6.07, 6.45) is 0.809. The second kappa shape index (κ2) is 6.30. The van der Waals surface area contributed by atoms with Crippen molar-refractivity contribution in [2.75, 3.05) is 5.33 Å². The first-order valence-corrected chi connectivity index (χ1v) is 7.16. The molecule has 0 saturated heterocycles. The lowest BCUT2D eigenvalue weighted by atomic mass is 10.1. The molecule has 0 bridgehead atoms. The van der Waals surface area contributed by atoms with E-state index in [1.54, 1.807) is 5.41 Å². The molecule has 1 aliphatic heterocycles. The van der Waals surface area contributed by atoms with E-state index in [1.165, 1.54) is 11.8 Å². The van der Waals surface area contributed by atoms with E-state index in [1.807, 2.05) is 13.8 Å². The van der Waals surface area contributed by atoms with Crippen LogP contribution >= 0.6 is 27.7 Å². The smallest absolute Gasteiger partial charge is 0.225 e. The van der Waals surface area contributed by atoms with Crippen LogP contribution in [0.25, 0.3) is 0 Å². The van der Waals surface area contributed by atoms with E-state index in [9.17, 15) is 9.59 Å². The fourth-order valence-electron chi connectivity index (χ4n) is 1.09. The van der Waals surface area contributed by atoms with Crippen LogP contribution in [0.4, 0.5) is 0 Å². The molecule has 1 heterocycles. The number of alkyl halides is 1. The van der Waals surface area contributed by atoms with Crippen molar-refractivity contribution in [3.05, 3.63) is 11.1 Å². The molecule has 0 aromatic carbocycles. The summed E-state index contributed by atoms with van der Waals surface area (Å²) in [4.78, 5) is 22.9. The van der Waals surface area contributed by atoms with Crippen molar-refractivity contribution in [2.45, 2.75) is 25.8 Å². The van der Waals surface area contributed by atoms with E-state index in [4.69, 9.17) is 0 Å². The summed E-state index contributed by atoms with van der Waals surface area (Å²) in [5.41, 5.74) is 0.329. The molecule has 1 rings (SSSR count). The standard InChI is InChI=1S/C10H15BrN2O2S/c1-3-6(2)9(15)13-10-12-7(5-16-10)8(14)4-11/h5-6,10,12H,3-4H2,1-2H3,(H,13,15). The Morgan fingerprint density at radius 3 is 2.94 bits per heavy atom. The van der Waals surface area contributed by atoms with Crippen LogP contribution in [0.5, 0.6) is 0 Å². The summed E-state index contributed by atoms with van der Waals surface area (Å²) in [5.74, 6) is -0.000410. The van der Waals surface area contributed by atoms with Gasteiger partial charge in [-0.2, -0.15) is 0 Å². The normalized spacial score (nSPS) is 20.9. The number of carbonyl (C=O) groups is 2. The maximum absolute atomic E-state index is 11.6. The molecule has 0 aromatic rings. The highest BCUT2D eigenvalue weighted by Gasteiger charge is 2.23. The van der Waals surface area contributed by atoms with E-state index >= 15 is 0 Å². The third-order valence-electron chi connectivity index (χ3n) is 2.36. The number of amides is 1. The van der Waals surface area contributed by atoms with Gasteiger partial charge in [-0.05, 0) is 6.42 Å². The zero-order valence-electron chi connectivity index (χ0n) is 9.25. The Morgan fingerprint density at radius 1 is 1.69 bits per heavy atom. The molecule has 0 saturated carbocycles. The van der Waals surface area contributed by atoms with Crippen molar-refractivity contribution < 1.29 is 9.59 Å². The first-order chi connectivity index (χ1) is 7.58. The Hall–Kier alpha value is -0.490. The molecule has 0 radical (unpaired) electrons. The Morgan fingerprint density at radius 2 is 2.38 bits per heavy atom. The van der Waals surface area contributed by atoms with Gasteiger partial charge in [-0.15, -0.1) is 0 Å². The third-order valence-corrected chi connectivity index (χ3v) is 3.75. The van der Waals surface area contributed by atoms with Crippen LogP contribution in [0.2, 0.25) is 0 Å². The number of halogens is 1. The zero-order chi connectivity index (χ0) is 12.1. The summed E-state index contributed by atoms with van der Waals surface area (Å²) < 4.78 is 0. The van der Waals surface area contributed by atoms with Gasteiger partial charge in [0.25, 0.3) is 0 Å². The largest absolute Gasteiger partial charge is 0.353 e. The van der Waals surface area contributed by atoms with E-state index in [0.29, 0.717) is 11.0 Å². The molecule has 2 unspecified atom stereocenters. The summed E-state index contributed by atoms with van der Waals surface area (Å²) in [7, 11) is 0. The van der Waals surface area contributed by atoms with Gasteiger partial charge in [0.15, 0.2) is 11.3 Å². The number of nitrogens with one attached hydrogen (secondary N) is 2. The number of ketones is 1. The molecule has 16 heavy (non-hydrogen) atoms. The van der Waals surface area contributed by atoms with Gasteiger partial charge in [0.2, 0.25) is 5.91 Å². The average Bonchev–Trinajstić information content (AvgIpc) is 2.75. The Labute approximate surface area is 108 Å². The lowest BCUT2D eigenvalue weighted by molar-refractivity contribution is -0.125. The number of hydrogen-bond acceptors (Lipinski definition) is 4. The average molecular weight is 307 g/mol. The fourth-order valence-corrected chi connectivity index (χ4v) is 2.24. The predicted octanol–water partition coefficient (Wildman–Crippen LogP) is 1.57. The van der Waals surface area contributed by atoms with Gasteiger partial charge in [0.05, 0.1) is 11.0 Å². The van der Waals surface area contributed by atoms with Crippen LogP contribution in [-0.2, 0) is 9.59 Å². The van der Waals surface area contributed by atoms with Crippen molar-refractivity contribution in [1.29, 1.82) is 0 Å². The number of Topliss-reactive ketones (excluding diaryl/α,β-unsaturated/α-hetero) is 1. The van der Waals surface area contributed by atoms with Gasteiger partial charge < -0.3 is 10.6 Å². The van der Waals surface area contributed by atoms with Gasteiger partial charge in [-0.25, -0.2) is 0 Å². The summed E-state index contributed by atoms with van der Waals surface area (Å²) in [6.45, 7) is 3.85. The van der Waals surface area contributed by atoms with E-state index in [0.717, 1.165) is 6.42 Å². The van der Waals surface area contributed by atoms with Crippen LogP contribution < -0.4 is 10.6 Å². The van der Waals surface area contributed by atoms with E-state index in [2.05, 4.69) is 26.6 Å². The third kappa shape index (κ3) is 3.52. The Balaban J connectivity index is 2.40. The topological polar surface area (TPSA) is 58.2 Å². The lowest BCUT2D eigenvalue weighted by Gasteiger charge is -2.16. The molecule has 1 aliphatic rings. The van der Waals surface area contributed by atoms with Crippen molar-refractivity contribution >= 4 is 39.4 Å². The lowest BCUT2D eigenvalue weighted by Crippen LogP contribution is -2.43. The number of hydrogen-bond donors (Lipinski definition) is 2. The molecular weight excluding hydrogens is 292 g/mol. The highest BCUT2D eigenvalue weighted by Crippen LogP contribution is 2.20. The van der Waals surface area contributed by atoms with Crippen molar-refractivity contribution in [3.8, 4) is 0 Å². The quantitative estimate of drug-likeness (QED) is 0.757. The molecule has 0 aromatic heterocycles. The Kier molecular flexibility index (Phi) is 5.34. The molecule has 6 heteroatoms. The molecule has 2 N–H and O–H groups in total. The van der Waals surface area contributed by atoms with Gasteiger partial charge in [0, 0.05) is 11.3 Å². The molecule has 90 valence electrons. The zero-order valence-corrected chi connectivity index (χ0v) is 11.7. The minimum atomic E-state index is -0.223. The molecule has 0 aliphatic carbocycles. The monoisotopic (exact) mass is 306 g/mol. The summed E-state index contributed by atoms with van der Waals surface area (Å²) in [6, 6.07) is 0. The van der Waals surface area contributed by atoms with Crippen LogP contribution in [0.1, 0.15) is 20.3 Å². The highest BCUT2D eigenvalue weighted by atomic mass is 79.9. The second-order valence-corrected chi connectivity index (χ2v) is 5.11. The fraction of sp³-hybridized carbons (Fsp3) is 0.600. The molecule has 4 nitrogen and oxygen atoms in total. The first kappa shape index (κ1) is 13.6. The van der Waals surface area contributed by atoms with Crippen molar-refractivity contribution in [2.24, 2.45) is 5.92 Å². The van der Waals surface area contributed by atoms with E-state index in [-0.39, 0.29) is 23.1 Å². The first-order valence-electron chi connectivity index (χ1n) is 5.10. The van der Waals surface area contributed by atoms with E-state index < -0.39 is 0 Å². The molecular formula is C10H15BrN2O2S. The Bertz CT molecular complexity index is 320. The van der Waals surface area contributed by atoms with Crippen molar-refractivity contribution in [1.82, 2.24) is 10.6 Å². The molecule has 1 amide bonds. The van der Waals surface area contributed by atoms with Gasteiger partial charge in [0.1, 0.15) is 0 Å². The maximum atomic E-state index is 11.6. The minimum Gasteiger partial charge on any atom is -0.353 e. The van der Waals surface area contributed by atoms with Crippen LogP contribution in [0, 0.1) is 5.92 Å². The van der Waals surface area contributed by atoms with Crippen LogP contribution in [-0.4, -0.2) is 22.5 Å². The maximum Gasteiger partial charge on any atom is 0.225 e. The van der Waals surface area contributed by atoms with Crippen molar-refractivity contribution in [3.63, 3.8) is 0 Å².